The van der Waals surface area contributed by atoms with E-state index in [2.05, 4.69) is 9.56 Å². The summed E-state index contributed by atoms with van der Waals surface area (Å²) >= 11 is 7.37. The fourth-order valence-electron chi connectivity index (χ4n) is 5.05. The highest BCUT2D eigenvalue weighted by atomic mass is 35.5. The van der Waals surface area contributed by atoms with E-state index in [9.17, 15) is 9.59 Å². The Morgan fingerprint density at radius 1 is 1.05 bits per heavy atom. The van der Waals surface area contributed by atoms with E-state index < -0.39 is 12.0 Å². The molecule has 10 heteroatoms. The van der Waals surface area contributed by atoms with Gasteiger partial charge in [-0.1, -0.05) is 29.0 Å². The molecule has 41 heavy (non-hydrogen) atoms. The number of aromatic nitrogens is 2. The summed E-state index contributed by atoms with van der Waals surface area (Å²) in [5.41, 5.74) is 4.57. The van der Waals surface area contributed by atoms with E-state index in [0.717, 1.165) is 22.6 Å². The molecule has 0 spiro atoms. The number of methoxy groups -OCH3 is 1. The first kappa shape index (κ1) is 28.4. The molecule has 0 N–H and O–H groups in total. The maximum atomic E-state index is 14.0. The van der Waals surface area contributed by atoms with Gasteiger partial charge in [-0.15, -0.1) is 0 Å². The quantitative estimate of drug-likeness (QED) is 0.273. The van der Waals surface area contributed by atoms with Crippen LogP contribution in [0.25, 0.3) is 11.8 Å². The highest BCUT2D eigenvalue weighted by Crippen LogP contribution is 2.35. The van der Waals surface area contributed by atoms with Gasteiger partial charge >= 0.3 is 5.97 Å². The fourth-order valence-corrected chi connectivity index (χ4v) is 6.14. The Morgan fingerprint density at radius 3 is 2.44 bits per heavy atom. The second-order valence-corrected chi connectivity index (χ2v) is 10.8. The molecule has 1 atom stereocenters. The maximum Gasteiger partial charge on any atom is 0.337 e. The highest BCUT2D eigenvalue weighted by molar-refractivity contribution is 7.07. The number of thiazole rings is 1. The average Bonchev–Trinajstić information content (AvgIpc) is 3.43. The third-order valence-electron chi connectivity index (χ3n) is 6.85. The minimum Gasteiger partial charge on any atom is -0.490 e. The van der Waals surface area contributed by atoms with Gasteiger partial charge in [0.15, 0.2) is 16.3 Å². The molecule has 0 bridgehead atoms. The van der Waals surface area contributed by atoms with Crippen LogP contribution in [0.5, 0.6) is 11.5 Å². The number of fused-ring (bicyclic) bond motifs is 1. The normalized spacial score (nSPS) is 14.7. The van der Waals surface area contributed by atoms with E-state index in [1.165, 1.54) is 24.6 Å². The van der Waals surface area contributed by atoms with E-state index >= 15 is 0 Å². The fraction of sp³-hybridized carbons (Fsp3) is 0.258. The van der Waals surface area contributed by atoms with Gasteiger partial charge < -0.3 is 18.8 Å². The lowest BCUT2D eigenvalue weighted by Gasteiger charge is -2.23. The number of carbonyl (C=O) groups is 1. The maximum absolute atomic E-state index is 14.0. The van der Waals surface area contributed by atoms with Crippen LogP contribution in [0.4, 0.5) is 0 Å². The molecule has 3 heterocycles. The summed E-state index contributed by atoms with van der Waals surface area (Å²) in [4.78, 5) is 31.8. The van der Waals surface area contributed by atoms with Crippen molar-refractivity contribution in [1.29, 1.82) is 0 Å². The largest absolute Gasteiger partial charge is 0.490 e. The first-order valence-corrected chi connectivity index (χ1v) is 14.4. The lowest BCUT2D eigenvalue weighted by atomic mass is 9.97. The van der Waals surface area contributed by atoms with Crippen LogP contribution in [0.2, 0.25) is 5.02 Å². The number of carbonyl (C=O) groups excluding carboxylic acids is 1. The molecule has 2 aromatic carbocycles. The molecule has 0 radical (unpaired) electrons. The van der Waals surface area contributed by atoms with Gasteiger partial charge in [0.2, 0.25) is 0 Å². The van der Waals surface area contributed by atoms with Crippen LogP contribution in [-0.2, 0) is 9.53 Å². The van der Waals surface area contributed by atoms with Crippen molar-refractivity contribution < 1.29 is 19.0 Å². The average molecular weight is 592 g/mol. The number of aryl methyl sites for hydroxylation is 1. The van der Waals surface area contributed by atoms with Crippen molar-refractivity contribution in [2.75, 3.05) is 20.3 Å². The van der Waals surface area contributed by atoms with E-state index in [1.54, 1.807) is 16.7 Å². The van der Waals surface area contributed by atoms with Gasteiger partial charge in [0.25, 0.3) is 5.56 Å². The summed E-state index contributed by atoms with van der Waals surface area (Å²) in [6.07, 6.45) is 3.36. The molecular weight excluding hydrogens is 562 g/mol. The summed E-state index contributed by atoms with van der Waals surface area (Å²) < 4.78 is 20.8. The molecule has 0 amide bonds. The summed E-state index contributed by atoms with van der Waals surface area (Å²) in [5, 5.41) is 0.666. The molecule has 5 rings (SSSR count). The Kier molecular flexibility index (Phi) is 8.19. The van der Waals surface area contributed by atoms with Gasteiger partial charge in [0, 0.05) is 28.3 Å². The first-order valence-electron chi connectivity index (χ1n) is 13.2. The van der Waals surface area contributed by atoms with Crippen LogP contribution in [0.3, 0.4) is 0 Å². The number of ether oxygens (including phenoxy) is 3. The Bertz CT molecular complexity index is 1830. The Morgan fingerprint density at radius 2 is 1.76 bits per heavy atom. The molecule has 0 unspecified atom stereocenters. The minimum atomic E-state index is -0.753. The molecule has 1 aliphatic rings. The lowest BCUT2D eigenvalue weighted by Crippen LogP contribution is -2.39. The lowest BCUT2D eigenvalue weighted by molar-refractivity contribution is -0.136. The van der Waals surface area contributed by atoms with Crippen molar-refractivity contribution in [3.05, 3.63) is 108 Å². The van der Waals surface area contributed by atoms with Crippen molar-refractivity contribution >= 4 is 35.0 Å². The predicted molar refractivity (Wildman–Crippen MR) is 160 cm³/mol. The zero-order valence-corrected chi connectivity index (χ0v) is 25.0. The number of hydrogen-bond donors (Lipinski definition) is 0. The summed E-state index contributed by atoms with van der Waals surface area (Å²) in [6.45, 7) is 8.71. The molecule has 0 saturated carbocycles. The van der Waals surface area contributed by atoms with E-state index in [1.807, 2.05) is 70.2 Å². The monoisotopic (exact) mass is 591 g/mol. The minimum absolute atomic E-state index is 0.249. The molecule has 4 aromatic rings. The molecule has 0 aliphatic carbocycles. The Labute approximate surface area is 246 Å². The van der Waals surface area contributed by atoms with Gasteiger partial charge in [-0.25, -0.2) is 9.79 Å². The van der Waals surface area contributed by atoms with E-state index in [-0.39, 0.29) is 11.1 Å². The van der Waals surface area contributed by atoms with Gasteiger partial charge in [0.1, 0.15) is 0 Å². The number of benzene rings is 2. The number of esters is 1. The van der Waals surface area contributed by atoms with Crippen molar-refractivity contribution in [3.8, 4) is 17.2 Å². The van der Waals surface area contributed by atoms with Crippen LogP contribution < -0.4 is 24.4 Å². The topological polar surface area (TPSA) is 84.0 Å². The van der Waals surface area contributed by atoms with Crippen molar-refractivity contribution in [3.63, 3.8) is 0 Å². The molecule has 212 valence electrons. The molecule has 1 aliphatic heterocycles. The number of nitrogens with zero attached hydrogens (tertiary/aromatic N) is 3. The van der Waals surface area contributed by atoms with Crippen LogP contribution in [0, 0.1) is 13.8 Å². The second-order valence-electron chi connectivity index (χ2n) is 9.39. The second kappa shape index (κ2) is 11.8. The van der Waals surface area contributed by atoms with Crippen molar-refractivity contribution in [1.82, 2.24) is 9.13 Å². The van der Waals surface area contributed by atoms with E-state index in [0.29, 0.717) is 44.6 Å². The molecular formula is C31H30ClN3O5S. The third kappa shape index (κ3) is 5.35. The standard InChI is InChI=1S/C31H30ClN3O5S/c1-6-39-25-13-8-20(15-26(25)40-7-2)28-24(30(37)38-5)17-33-31-35(28)29(36)27(41-31)16-21-14-18(3)34(19(21)4)23-11-9-22(32)10-12-23/h8-17,28H,6-7H2,1-5H3/b27-16+/t28-/m0/s1. The highest BCUT2D eigenvalue weighted by Gasteiger charge is 2.31. The summed E-state index contributed by atoms with van der Waals surface area (Å²) in [5.74, 6) is 0.557. The SMILES string of the molecule is CCOc1ccc([C@H]2C(C(=O)OC)=CN=c3s/c(=C/c4cc(C)n(-c5ccc(Cl)cc5)c4C)c(=O)n32)cc1OCC. The Balaban J connectivity index is 1.66. The summed E-state index contributed by atoms with van der Waals surface area (Å²) in [6, 6.07) is 14.3. The molecule has 8 nitrogen and oxygen atoms in total. The van der Waals surface area contributed by atoms with Gasteiger partial charge in [0.05, 0.1) is 36.5 Å². The first-order chi connectivity index (χ1) is 19.8. The van der Waals surface area contributed by atoms with Crippen molar-refractivity contribution in [2.24, 2.45) is 4.99 Å². The molecule has 2 aromatic heterocycles. The van der Waals surface area contributed by atoms with Crippen LogP contribution in [0.15, 0.2) is 70.1 Å². The smallest absolute Gasteiger partial charge is 0.337 e. The number of halogens is 1. The Hall–Kier alpha value is -4.08. The van der Waals surface area contributed by atoms with Crippen molar-refractivity contribution in [2.45, 2.75) is 33.7 Å². The van der Waals surface area contributed by atoms with E-state index in [4.69, 9.17) is 25.8 Å². The molecule has 0 fully saturated rings. The number of hydrogen-bond acceptors (Lipinski definition) is 7. The third-order valence-corrected chi connectivity index (χ3v) is 8.10. The molecule has 0 saturated heterocycles. The van der Waals surface area contributed by atoms with Crippen LogP contribution in [0.1, 0.15) is 42.4 Å². The number of rotatable bonds is 8. The van der Waals surface area contributed by atoms with Crippen LogP contribution in [-0.4, -0.2) is 35.4 Å². The zero-order chi connectivity index (χ0) is 29.3. The van der Waals surface area contributed by atoms with Crippen LogP contribution >= 0.6 is 22.9 Å². The van der Waals surface area contributed by atoms with Gasteiger partial charge in [-0.2, -0.15) is 0 Å². The van der Waals surface area contributed by atoms with Gasteiger partial charge in [-0.05, 0) is 87.4 Å². The van der Waals surface area contributed by atoms with Gasteiger partial charge in [-0.3, -0.25) is 9.36 Å². The summed E-state index contributed by atoms with van der Waals surface area (Å²) in [7, 11) is 1.31. The predicted octanol–water partition coefficient (Wildman–Crippen LogP) is 4.88. The zero-order valence-electron chi connectivity index (χ0n) is 23.4.